The summed E-state index contributed by atoms with van der Waals surface area (Å²) in [4.78, 5) is 0. The van der Waals surface area contributed by atoms with Gasteiger partial charge in [0.1, 0.15) is 0 Å². The predicted octanol–water partition coefficient (Wildman–Crippen LogP) is 4.90. The van der Waals surface area contributed by atoms with Gasteiger partial charge in [-0.15, -0.1) is 5.73 Å². The first-order valence-corrected chi connectivity index (χ1v) is 6.27. The molecule has 0 spiro atoms. The van der Waals surface area contributed by atoms with Crippen LogP contribution in [0.15, 0.2) is 41.7 Å². The molecule has 0 aliphatic heterocycles. The minimum Gasteiger partial charge on any atom is -0.130 e. The first-order valence-electron chi connectivity index (χ1n) is 6.27. The highest BCUT2D eigenvalue weighted by Gasteiger charge is 2.25. The molecule has 0 nitrogen and oxygen atoms in total. The molecule has 16 heavy (non-hydrogen) atoms. The average Bonchev–Trinajstić information content (AvgIpc) is 2.44. The summed E-state index contributed by atoms with van der Waals surface area (Å²) in [5, 5.41) is 0. The molecule has 0 saturated heterocycles. The summed E-state index contributed by atoms with van der Waals surface area (Å²) < 4.78 is 0. The highest BCUT2D eigenvalue weighted by Crippen LogP contribution is 2.35. The van der Waals surface area contributed by atoms with E-state index in [1.165, 1.54) is 24.0 Å². The van der Waals surface area contributed by atoms with E-state index < -0.39 is 0 Å². The van der Waals surface area contributed by atoms with Gasteiger partial charge in [0.15, 0.2) is 0 Å². The van der Waals surface area contributed by atoms with Gasteiger partial charge in [0.2, 0.25) is 0 Å². The quantitative estimate of drug-likeness (QED) is 0.465. The maximum atomic E-state index is 3.80. The zero-order chi connectivity index (χ0) is 12.1. The van der Waals surface area contributed by atoms with Crippen LogP contribution in [0, 0.1) is 17.8 Å². The Morgan fingerprint density at radius 3 is 2.69 bits per heavy atom. The Hall–Kier alpha value is -1.00. The van der Waals surface area contributed by atoms with Crippen LogP contribution >= 0.6 is 0 Å². The molecular formula is C16H24. The zero-order valence-electron chi connectivity index (χ0n) is 11.1. The molecule has 0 saturated carbocycles. The van der Waals surface area contributed by atoms with E-state index in [-0.39, 0.29) is 0 Å². The number of rotatable bonds is 3. The Bertz CT molecular complexity index is 335. The van der Waals surface area contributed by atoms with Crippen LogP contribution in [-0.2, 0) is 0 Å². The van der Waals surface area contributed by atoms with E-state index in [0.29, 0.717) is 17.8 Å². The number of hydrogen-bond donors (Lipinski definition) is 0. The van der Waals surface area contributed by atoms with Crippen LogP contribution in [0.4, 0.5) is 0 Å². The van der Waals surface area contributed by atoms with Crippen LogP contribution in [0.2, 0.25) is 0 Å². The van der Waals surface area contributed by atoms with Crippen molar-refractivity contribution in [2.75, 3.05) is 0 Å². The fourth-order valence-corrected chi connectivity index (χ4v) is 2.64. The third-order valence-electron chi connectivity index (χ3n) is 3.55. The molecular weight excluding hydrogens is 192 g/mol. The van der Waals surface area contributed by atoms with Gasteiger partial charge in [-0.1, -0.05) is 44.2 Å². The summed E-state index contributed by atoms with van der Waals surface area (Å²) in [5.41, 5.74) is 5.88. The summed E-state index contributed by atoms with van der Waals surface area (Å²) in [7, 11) is 0. The van der Waals surface area contributed by atoms with Crippen molar-refractivity contribution < 1.29 is 0 Å². The molecule has 0 radical (unpaired) electrons. The van der Waals surface area contributed by atoms with E-state index in [2.05, 4.69) is 58.2 Å². The van der Waals surface area contributed by atoms with Gasteiger partial charge in [0.25, 0.3) is 0 Å². The van der Waals surface area contributed by atoms with Crippen molar-refractivity contribution in [3.63, 3.8) is 0 Å². The monoisotopic (exact) mass is 216 g/mol. The Morgan fingerprint density at radius 1 is 1.44 bits per heavy atom. The van der Waals surface area contributed by atoms with E-state index in [0.717, 1.165) is 0 Å². The fraction of sp³-hybridized carbons (Fsp3) is 0.562. The van der Waals surface area contributed by atoms with Crippen molar-refractivity contribution in [1.82, 2.24) is 0 Å². The van der Waals surface area contributed by atoms with Gasteiger partial charge >= 0.3 is 0 Å². The molecule has 1 rings (SSSR count). The van der Waals surface area contributed by atoms with Gasteiger partial charge < -0.3 is 0 Å². The summed E-state index contributed by atoms with van der Waals surface area (Å²) in [5.74, 6) is 1.71. The lowest BCUT2D eigenvalue weighted by atomic mass is 9.75. The molecule has 88 valence electrons. The highest BCUT2D eigenvalue weighted by atomic mass is 14.3. The van der Waals surface area contributed by atoms with E-state index in [4.69, 9.17) is 0 Å². The molecule has 0 aromatic carbocycles. The predicted molar refractivity (Wildman–Crippen MR) is 72.3 cm³/mol. The van der Waals surface area contributed by atoms with Gasteiger partial charge in [-0.05, 0) is 44.1 Å². The van der Waals surface area contributed by atoms with E-state index >= 15 is 0 Å². The van der Waals surface area contributed by atoms with E-state index in [1.807, 2.05) is 0 Å². The van der Waals surface area contributed by atoms with Gasteiger partial charge in [-0.2, -0.15) is 0 Å². The normalized spacial score (nSPS) is 22.3. The SMILES string of the molecule is C=C=C(C)C(C(C)C)C1C=CCCC=C1C. The highest BCUT2D eigenvalue weighted by molar-refractivity contribution is 5.21. The lowest BCUT2D eigenvalue weighted by molar-refractivity contribution is 0.378. The van der Waals surface area contributed by atoms with Crippen LogP contribution in [-0.4, -0.2) is 0 Å². The van der Waals surface area contributed by atoms with Crippen LogP contribution in [0.3, 0.4) is 0 Å². The van der Waals surface area contributed by atoms with Crippen molar-refractivity contribution in [3.8, 4) is 0 Å². The first-order chi connectivity index (χ1) is 7.57. The van der Waals surface area contributed by atoms with Gasteiger partial charge in [0.05, 0.1) is 0 Å². The maximum Gasteiger partial charge on any atom is 0.00479 e. The summed E-state index contributed by atoms with van der Waals surface area (Å²) in [6.45, 7) is 12.8. The van der Waals surface area contributed by atoms with Gasteiger partial charge in [0, 0.05) is 5.92 Å². The molecule has 0 heteroatoms. The third-order valence-corrected chi connectivity index (χ3v) is 3.55. The Morgan fingerprint density at radius 2 is 2.12 bits per heavy atom. The summed E-state index contributed by atoms with van der Waals surface area (Å²) in [6.07, 6.45) is 9.44. The van der Waals surface area contributed by atoms with Crippen LogP contribution in [0.25, 0.3) is 0 Å². The second-order valence-corrected chi connectivity index (χ2v) is 5.11. The Kier molecular flexibility index (Phi) is 4.83. The minimum atomic E-state index is 0.539. The second-order valence-electron chi connectivity index (χ2n) is 5.11. The number of allylic oxidation sites excluding steroid dienone is 5. The van der Waals surface area contributed by atoms with E-state index in [9.17, 15) is 0 Å². The smallest absolute Gasteiger partial charge is 0.00479 e. The molecule has 0 aromatic rings. The van der Waals surface area contributed by atoms with Crippen molar-refractivity contribution in [3.05, 3.63) is 41.7 Å². The lowest BCUT2D eigenvalue weighted by Crippen LogP contribution is -2.20. The van der Waals surface area contributed by atoms with Crippen molar-refractivity contribution in [2.24, 2.45) is 17.8 Å². The molecule has 0 heterocycles. The molecule has 0 bridgehead atoms. The third kappa shape index (κ3) is 3.00. The molecule has 0 N–H and O–H groups in total. The fourth-order valence-electron chi connectivity index (χ4n) is 2.64. The average molecular weight is 216 g/mol. The Balaban J connectivity index is 3.06. The van der Waals surface area contributed by atoms with Crippen molar-refractivity contribution in [2.45, 2.75) is 40.5 Å². The number of hydrogen-bond acceptors (Lipinski definition) is 0. The first kappa shape index (κ1) is 13.1. The maximum absolute atomic E-state index is 3.80. The van der Waals surface area contributed by atoms with Crippen LogP contribution < -0.4 is 0 Å². The van der Waals surface area contributed by atoms with Crippen molar-refractivity contribution >= 4 is 0 Å². The van der Waals surface area contributed by atoms with Gasteiger partial charge in [-0.3, -0.25) is 0 Å². The van der Waals surface area contributed by atoms with Crippen molar-refractivity contribution in [1.29, 1.82) is 0 Å². The molecule has 0 amide bonds. The molecule has 1 aliphatic carbocycles. The summed E-state index contributed by atoms with van der Waals surface area (Å²) >= 11 is 0. The minimum absolute atomic E-state index is 0.539. The molecule has 2 atom stereocenters. The van der Waals surface area contributed by atoms with Gasteiger partial charge in [-0.25, -0.2) is 0 Å². The molecule has 1 aliphatic rings. The van der Waals surface area contributed by atoms with E-state index in [1.54, 1.807) is 0 Å². The molecule has 2 unspecified atom stereocenters. The van der Waals surface area contributed by atoms with Crippen LogP contribution in [0.1, 0.15) is 40.5 Å². The zero-order valence-corrected chi connectivity index (χ0v) is 11.1. The largest absolute Gasteiger partial charge is 0.130 e. The molecule has 0 aromatic heterocycles. The Labute approximate surface area is 100 Å². The lowest BCUT2D eigenvalue weighted by Gasteiger charge is -2.28. The second kappa shape index (κ2) is 5.92. The van der Waals surface area contributed by atoms with Crippen LogP contribution in [0.5, 0.6) is 0 Å². The standard InChI is InChI=1S/C16H24/c1-6-13(4)16(12(2)3)15-11-9-7-8-10-14(15)5/h9-12,15-16H,1,7-8H2,2-5H3. The topological polar surface area (TPSA) is 0 Å². The summed E-state index contributed by atoms with van der Waals surface area (Å²) in [6, 6.07) is 0. The molecule has 0 fully saturated rings.